The Bertz CT molecular complexity index is 1390. The third kappa shape index (κ3) is 6.26. The number of nitrogens with zero attached hydrogens (tertiary/aromatic N) is 1. The van der Waals surface area contributed by atoms with Gasteiger partial charge in [-0.05, 0) is 82.0 Å². The van der Waals surface area contributed by atoms with E-state index in [9.17, 15) is 14.4 Å². The minimum Gasteiger partial charge on any atom is -0.488 e. The number of benzene rings is 3. The molecule has 3 aromatic carbocycles. The number of amides is 4. The summed E-state index contributed by atoms with van der Waals surface area (Å²) in [5.74, 6) is -0.480. The number of carbonyl (C=O) groups excluding carboxylic acids is 3. The fourth-order valence-corrected chi connectivity index (χ4v) is 4.29. The van der Waals surface area contributed by atoms with Crippen molar-refractivity contribution in [3.8, 4) is 5.75 Å². The van der Waals surface area contributed by atoms with Gasteiger partial charge in [-0.15, -0.1) is 0 Å². The molecule has 4 amide bonds. The zero-order valence-corrected chi connectivity index (χ0v) is 22.1. The Balaban J connectivity index is 1.40. The molecular formula is C26H20BrCl2N3O4. The van der Waals surface area contributed by atoms with Crippen LogP contribution in [0.1, 0.15) is 16.7 Å². The number of rotatable bonds is 7. The second-order valence-corrected chi connectivity index (χ2v) is 9.69. The van der Waals surface area contributed by atoms with Gasteiger partial charge in [0.1, 0.15) is 24.6 Å². The summed E-state index contributed by atoms with van der Waals surface area (Å²) in [7, 11) is 0. The molecule has 2 N–H and O–H groups in total. The number of ether oxygens (including phenoxy) is 1. The van der Waals surface area contributed by atoms with Crippen LogP contribution in [0, 0.1) is 6.92 Å². The quantitative estimate of drug-likeness (QED) is 0.255. The van der Waals surface area contributed by atoms with Gasteiger partial charge in [0.2, 0.25) is 5.91 Å². The summed E-state index contributed by atoms with van der Waals surface area (Å²) in [5.41, 5.74) is 3.14. The van der Waals surface area contributed by atoms with Crippen LogP contribution < -0.4 is 15.4 Å². The standard InChI is InChI=1S/C26H20BrCl2N3O4/c1-15-3-2-4-18(9-15)30-24(33)13-32-25(34)22(31-26(32)35)12-16-6-8-23(19(27)10-16)36-14-17-5-7-20(28)21(29)11-17/h2-12H,13-14H2,1H3,(H,30,33)(H,31,35)/b22-12+. The first-order valence-electron chi connectivity index (χ1n) is 10.8. The fraction of sp³-hybridized carbons (Fsp3) is 0.115. The highest BCUT2D eigenvalue weighted by atomic mass is 79.9. The minimum absolute atomic E-state index is 0.0692. The van der Waals surface area contributed by atoms with Gasteiger partial charge in [0.05, 0.1) is 14.5 Å². The molecule has 0 unspecified atom stereocenters. The molecule has 1 saturated heterocycles. The molecule has 184 valence electrons. The van der Waals surface area contributed by atoms with Crippen molar-refractivity contribution < 1.29 is 19.1 Å². The first kappa shape index (κ1) is 25.8. The highest BCUT2D eigenvalue weighted by Crippen LogP contribution is 2.29. The Labute approximate surface area is 226 Å². The van der Waals surface area contributed by atoms with E-state index in [1.807, 2.05) is 19.1 Å². The van der Waals surface area contributed by atoms with E-state index in [1.165, 1.54) is 6.08 Å². The molecule has 7 nitrogen and oxygen atoms in total. The van der Waals surface area contributed by atoms with Crippen molar-refractivity contribution in [3.63, 3.8) is 0 Å². The average molecular weight is 589 g/mol. The number of halogens is 3. The molecule has 4 rings (SSSR count). The van der Waals surface area contributed by atoms with Crippen molar-refractivity contribution in [2.75, 3.05) is 11.9 Å². The van der Waals surface area contributed by atoms with Crippen LogP contribution in [0.3, 0.4) is 0 Å². The molecule has 3 aromatic rings. The molecule has 0 bridgehead atoms. The van der Waals surface area contributed by atoms with Gasteiger partial charge in [0.25, 0.3) is 5.91 Å². The third-order valence-corrected chi connectivity index (χ3v) is 6.57. The molecule has 0 atom stereocenters. The van der Waals surface area contributed by atoms with Crippen LogP contribution in [0.15, 0.2) is 70.8 Å². The number of carbonyl (C=O) groups is 3. The Kier molecular flexibility index (Phi) is 7.98. The third-order valence-electron chi connectivity index (χ3n) is 5.21. The maximum absolute atomic E-state index is 12.8. The van der Waals surface area contributed by atoms with Gasteiger partial charge in [-0.2, -0.15) is 0 Å². The van der Waals surface area contributed by atoms with Crippen molar-refractivity contribution in [2.45, 2.75) is 13.5 Å². The maximum atomic E-state index is 12.8. The largest absolute Gasteiger partial charge is 0.488 e. The van der Waals surface area contributed by atoms with E-state index in [0.717, 1.165) is 16.0 Å². The van der Waals surface area contributed by atoms with Gasteiger partial charge in [-0.3, -0.25) is 9.59 Å². The van der Waals surface area contributed by atoms with E-state index in [-0.39, 0.29) is 12.3 Å². The van der Waals surface area contributed by atoms with Crippen LogP contribution in [-0.4, -0.2) is 29.3 Å². The van der Waals surface area contributed by atoms with Crippen LogP contribution >= 0.6 is 39.1 Å². The van der Waals surface area contributed by atoms with Crippen LogP contribution in [0.4, 0.5) is 10.5 Å². The van der Waals surface area contributed by atoms with Crippen LogP contribution in [0.25, 0.3) is 6.08 Å². The van der Waals surface area contributed by atoms with E-state index in [1.54, 1.807) is 48.5 Å². The molecule has 0 spiro atoms. The van der Waals surface area contributed by atoms with E-state index in [0.29, 0.717) is 31.5 Å². The molecule has 0 saturated carbocycles. The zero-order valence-electron chi connectivity index (χ0n) is 19.0. The second kappa shape index (κ2) is 11.2. The van der Waals surface area contributed by atoms with Gasteiger partial charge in [0.15, 0.2) is 0 Å². The molecule has 36 heavy (non-hydrogen) atoms. The van der Waals surface area contributed by atoms with Crippen molar-refractivity contribution in [1.82, 2.24) is 10.2 Å². The lowest BCUT2D eigenvalue weighted by molar-refractivity contribution is -0.127. The molecule has 1 heterocycles. The van der Waals surface area contributed by atoms with Gasteiger partial charge in [-0.25, -0.2) is 9.69 Å². The number of aryl methyl sites for hydroxylation is 1. The van der Waals surface area contributed by atoms with Crippen molar-refractivity contribution in [1.29, 1.82) is 0 Å². The summed E-state index contributed by atoms with van der Waals surface area (Å²) in [4.78, 5) is 38.3. The summed E-state index contributed by atoms with van der Waals surface area (Å²) in [5, 5.41) is 6.13. The Morgan fingerprint density at radius 3 is 2.61 bits per heavy atom. The number of nitrogens with one attached hydrogen (secondary N) is 2. The average Bonchev–Trinajstić information content (AvgIpc) is 3.08. The van der Waals surface area contributed by atoms with Gasteiger partial charge >= 0.3 is 6.03 Å². The first-order valence-corrected chi connectivity index (χ1v) is 12.3. The minimum atomic E-state index is -0.661. The van der Waals surface area contributed by atoms with E-state index >= 15 is 0 Å². The van der Waals surface area contributed by atoms with Crippen molar-refractivity contribution >= 4 is 68.7 Å². The number of anilines is 1. The number of hydrogen-bond acceptors (Lipinski definition) is 4. The lowest BCUT2D eigenvalue weighted by Gasteiger charge is -2.12. The second-order valence-electron chi connectivity index (χ2n) is 8.02. The summed E-state index contributed by atoms with van der Waals surface area (Å²) in [6, 6.07) is 17.1. The molecule has 10 heteroatoms. The van der Waals surface area contributed by atoms with E-state index in [2.05, 4.69) is 26.6 Å². The van der Waals surface area contributed by atoms with Gasteiger partial charge in [0, 0.05) is 5.69 Å². The Hall–Kier alpha value is -3.33. The summed E-state index contributed by atoms with van der Waals surface area (Å²) in [6.07, 6.45) is 1.53. The summed E-state index contributed by atoms with van der Waals surface area (Å²) in [6.45, 7) is 1.78. The highest BCUT2D eigenvalue weighted by molar-refractivity contribution is 9.10. The lowest BCUT2D eigenvalue weighted by Crippen LogP contribution is -2.38. The van der Waals surface area contributed by atoms with Gasteiger partial charge < -0.3 is 15.4 Å². The molecular weight excluding hydrogens is 569 g/mol. The summed E-state index contributed by atoms with van der Waals surface area (Å²) < 4.78 is 6.49. The van der Waals surface area contributed by atoms with Crippen LogP contribution in [0.2, 0.25) is 10.0 Å². The Morgan fingerprint density at radius 2 is 1.89 bits per heavy atom. The summed E-state index contributed by atoms with van der Waals surface area (Å²) >= 11 is 15.5. The van der Waals surface area contributed by atoms with Crippen molar-refractivity contribution in [2.24, 2.45) is 0 Å². The molecule has 0 radical (unpaired) electrons. The predicted octanol–water partition coefficient (Wildman–Crippen LogP) is 6.17. The SMILES string of the molecule is Cc1cccc(NC(=O)CN2C(=O)N/C(=C/c3ccc(OCc4ccc(Cl)c(Cl)c4)c(Br)c3)C2=O)c1. The van der Waals surface area contributed by atoms with Crippen LogP contribution in [0.5, 0.6) is 5.75 Å². The first-order chi connectivity index (χ1) is 17.2. The van der Waals surface area contributed by atoms with Crippen molar-refractivity contribution in [3.05, 3.63) is 97.6 Å². The molecule has 1 aliphatic heterocycles. The fourth-order valence-electron chi connectivity index (χ4n) is 3.46. The monoisotopic (exact) mass is 587 g/mol. The number of hydrogen-bond donors (Lipinski definition) is 2. The topological polar surface area (TPSA) is 87.7 Å². The van der Waals surface area contributed by atoms with Crippen LogP contribution in [-0.2, 0) is 16.2 Å². The maximum Gasteiger partial charge on any atom is 0.329 e. The number of imide groups is 1. The Morgan fingerprint density at radius 1 is 1.08 bits per heavy atom. The zero-order chi connectivity index (χ0) is 25.8. The molecule has 1 aliphatic rings. The predicted molar refractivity (Wildman–Crippen MR) is 143 cm³/mol. The van der Waals surface area contributed by atoms with E-state index in [4.69, 9.17) is 27.9 Å². The van der Waals surface area contributed by atoms with Gasteiger partial charge in [-0.1, -0.05) is 47.5 Å². The molecule has 0 aliphatic carbocycles. The number of urea groups is 1. The lowest BCUT2D eigenvalue weighted by atomic mass is 10.2. The molecule has 1 fully saturated rings. The normalized spacial score (nSPS) is 14.2. The van der Waals surface area contributed by atoms with E-state index < -0.39 is 24.4 Å². The molecule has 0 aromatic heterocycles. The smallest absolute Gasteiger partial charge is 0.329 e. The highest BCUT2D eigenvalue weighted by Gasteiger charge is 2.35.